The number of carboxylic acid groups (broad SMARTS) is 1. The summed E-state index contributed by atoms with van der Waals surface area (Å²) >= 11 is 0. The lowest BCUT2D eigenvalue weighted by molar-refractivity contribution is -0.137. The topological polar surface area (TPSA) is 108 Å². The molecule has 2 aromatic rings. The van der Waals surface area contributed by atoms with Gasteiger partial charge in [0.2, 0.25) is 0 Å². The number of rotatable bonds is 9. The third-order valence-corrected chi connectivity index (χ3v) is 4.11. The largest absolute Gasteiger partial charge is 0.481 e. The van der Waals surface area contributed by atoms with E-state index in [9.17, 15) is 14.4 Å². The lowest BCUT2D eigenvalue weighted by Gasteiger charge is -2.19. The minimum atomic E-state index is -0.902. The van der Waals surface area contributed by atoms with Gasteiger partial charge < -0.3 is 21.1 Å². The number of anilines is 1. The van der Waals surface area contributed by atoms with E-state index in [0.717, 1.165) is 5.56 Å². The number of hydrogen-bond acceptors (Lipinski definition) is 3. The Labute approximate surface area is 164 Å². The van der Waals surface area contributed by atoms with Crippen LogP contribution in [-0.4, -0.2) is 35.6 Å². The first kappa shape index (κ1) is 21.0. The van der Waals surface area contributed by atoms with Crippen molar-refractivity contribution in [3.05, 3.63) is 65.7 Å². The summed E-state index contributed by atoms with van der Waals surface area (Å²) in [5, 5.41) is 17.2. The fraction of sp³-hybridized carbons (Fsp3) is 0.286. The molecular weight excluding hydrogens is 358 g/mol. The molecule has 1 atom stereocenters. The Morgan fingerprint density at radius 3 is 2.29 bits per heavy atom. The van der Waals surface area contributed by atoms with Crippen molar-refractivity contribution in [3.63, 3.8) is 0 Å². The number of aliphatic carboxylic acids is 1. The fourth-order valence-corrected chi connectivity index (χ4v) is 2.74. The highest BCUT2D eigenvalue weighted by atomic mass is 16.4. The fourth-order valence-electron chi connectivity index (χ4n) is 2.74. The first-order chi connectivity index (χ1) is 13.5. The number of carbonyl (C=O) groups excluding carboxylic acids is 2. The van der Waals surface area contributed by atoms with E-state index in [1.54, 1.807) is 24.3 Å². The van der Waals surface area contributed by atoms with Crippen LogP contribution in [0.15, 0.2) is 54.6 Å². The maximum Gasteiger partial charge on any atom is 0.319 e. The molecule has 148 valence electrons. The van der Waals surface area contributed by atoms with Gasteiger partial charge in [0.25, 0.3) is 5.91 Å². The zero-order valence-electron chi connectivity index (χ0n) is 15.8. The molecule has 7 nitrogen and oxygen atoms in total. The maximum atomic E-state index is 12.3. The van der Waals surface area contributed by atoms with Gasteiger partial charge in [-0.15, -0.1) is 0 Å². The lowest BCUT2D eigenvalue weighted by Crippen LogP contribution is -2.39. The van der Waals surface area contributed by atoms with Gasteiger partial charge in [-0.05, 0) is 49.6 Å². The third-order valence-electron chi connectivity index (χ3n) is 4.11. The molecule has 0 fully saturated rings. The molecule has 0 spiro atoms. The molecule has 0 aliphatic rings. The van der Waals surface area contributed by atoms with Gasteiger partial charge in [-0.25, -0.2) is 4.79 Å². The molecule has 0 saturated heterocycles. The van der Waals surface area contributed by atoms with Gasteiger partial charge >= 0.3 is 12.0 Å². The highest BCUT2D eigenvalue weighted by Gasteiger charge is 2.15. The summed E-state index contributed by atoms with van der Waals surface area (Å²) in [6.45, 7) is 2.38. The molecule has 0 saturated carbocycles. The molecule has 0 heterocycles. The second-order valence-corrected chi connectivity index (χ2v) is 6.35. The molecule has 0 aliphatic carbocycles. The predicted octanol–water partition coefficient (Wildman–Crippen LogP) is 3.03. The van der Waals surface area contributed by atoms with E-state index in [1.807, 2.05) is 37.3 Å². The molecule has 2 rings (SSSR count). The molecule has 4 N–H and O–H groups in total. The van der Waals surface area contributed by atoms with Crippen LogP contribution < -0.4 is 16.0 Å². The summed E-state index contributed by atoms with van der Waals surface area (Å²) in [5.74, 6) is -1.07. The van der Waals surface area contributed by atoms with Crippen LogP contribution in [0.4, 0.5) is 10.5 Å². The summed E-state index contributed by atoms with van der Waals surface area (Å²) in [6, 6.07) is 15.4. The van der Waals surface area contributed by atoms with Crippen LogP contribution >= 0.6 is 0 Å². The molecular formula is C21H25N3O4. The second kappa shape index (κ2) is 10.7. The van der Waals surface area contributed by atoms with Crippen molar-refractivity contribution in [2.45, 2.75) is 32.2 Å². The number of nitrogens with one attached hydrogen (secondary N) is 3. The standard InChI is InChI=1S/C21H25N3O4/c1-2-22-20(27)16-8-10-17(11-9-16)23-21(28)24-18(12-13-19(25)26)14-15-6-4-3-5-7-15/h3-11,18H,2,12-14H2,1H3,(H,22,27)(H,25,26)(H2,23,24,28). The lowest BCUT2D eigenvalue weighted by atomic mass is 10.0. The van der Waals surface area contributed by atoms with E-state index >= 15 is 0 Å². The Morgan fingerprint density at radius 1 is 1.00 bits per heavy atom. The number of carbonyl (C=O) groups is 3. The molecule has 0 aliphatic heterocycles. The Morgan fingerprint density at radius 2 is 1.68 bits per heavy atom. The Kier molecular flexibility index (Phi) is 8.02. The number of urea groups is 1. The minimum Gasteiger partial charge on any atom is -0.481 e. The summed E-state index contributed by atoms with van der Waals surface area (Å²) in [6.07, 6.45) is 0.838. The molecule has 0 bridgehead atoms. The van der Waals surface area contributed by atoms with Gasteiger partial charge in [-0.3, -0.25) is 9.59 Å². The quantitative estimate of drug-likeness (QED) is 0.534. The van der Waals surface area contributed by atoms with Crippen molar-refractivity contribution in [2.75, 3.05) is 11.9 Å². The van der Waals surface area contributed by atoms with E-state index in [1.165, 1.54) is 0 Å². The van der Waals surface area contributed by atoms with Gasteiger partial charge in [0.05, 0.1) is 0 Å². The Balaban J connectivity index is 1.96. The van der Waals surface area contributed by atoms with Gasteiger partial charge in [0.1, 0.15) is 0 Å². The Bertz CT molecular complexity index is 791. The normalized spacial score (nSPS) is 11.3. The van der Waals surface area contributed by atoms with Gasteiger partial charge in [0, 0.05) is 30.3 Å². The average molecular weight is 383 g/mol. The van der Waals surface area contributed by atoms with E-state index in [0.29, 0.717) is 30.6 Å². The van der Waals surface area contributed by atoms with Crippen molar-refractivity contribution >= 4 is 23.6 Å². The van der Waals surface area contributed by atoms with Crippen molar-refractivity contribution < 1.29 is 19.5 Å². The first-order valence-electron chi connectivity index (χ1n) is 9.19. The summed E-state index contributed by atoms with van der Waals surface area (Å²) < 4.78 is 0. The SMILES string of the molecule is CCNC(=O)c1ccc(NC(=O)NC(CCC(=O)O)Cc2ccccc2)cc1. The minimum absolute atomic E-state index is 0.0288. The third kappa shape index (κ3) is 7.11. The van der Waals surface area contributed by atoms with Crippen LogP contribution in [0.1, 0.15) is 35.7 Å². The highest BCUT2D eigenvalue weighted by molar-refractivity contribution is 5.95. The molecule has 28 heavy (non-hydrogen) atoms. The maximum absolute atomic E-state index is 12.3. The van der Waals surface area contributed by atoms with Crippen LogP contribution in [0.25, 0.3) is 0 Å². The van der Waals surface area contributed by atoms with Gasteiger partial charge in [-0.2, -0.15) is 0 Å². The second-order valence-electron chi connectivity index (χ2n) is 6.35. The van der Waals surface area contributed by atoms with E-state index in [2.05, 4.69) is 16.0 Å². The number of hydrogen-bond donors (Lipinski definition) is 4. The number of carboxylic acids is 1. The van der Waals surface area contributed by atoms with Gasteiger partial charge in [-0.1, -0.05) is 30.3 Å². The van der Waals surface area contributed by atoms with Crippen molar-refractivity contribution in [2.24, 2.45) is 0 Å². The van der Waals surface area contributed by atoms with Crippen LogP contribution in [0.2, 0.25) is 0 Å². The van der Waals surface area contributed by atoms with Crippen molar-refractivity contribution in [1.82, 2.24) is 10.6 Å². The predicted molar refractivity (Wildman–Crippen MR) is 107 cm³/mol. The van der Waals surface area contributed by atoms with Crippen molar-refractivity contribution in [1.29, 1.82) is 0 Å². The molecule has 3 amide bonds. The van der Waals surface area contributed by atoms with Crippen LogP contribution in [-0.2, 0) is 11.2 Å². The number of amides is 3. The number of benzene rings is 2. The molecule has 1 unspecified atom stereocenters. The van der Waals surface area contributed by atoms with Crippen molar-refractivity contribution in [3.8, 4) is 0 Å². The molecule has 2 aromatic carbocycles. The zero-order valence-corrected chi connectivity index (χ0v) is 15.8. The zero-order chi connectivity index (χ0) is 20.4. The summed E-state index contributed by atoms with van der Waals surface area (Å²) in [7, 11) is 0. The van der Waals surface area contributed by atoms with Gasteiger partial charge in [0.15, 0.2) is 0 Å². The van der Waals surface area contributed by atoms with Crippen LogP contribution in [0.5, 0.6) is 0 Å². The van der Waals surface area contributed by atoms with Crippen LogP contribution in [0, 0.1) is 0 Å². The molecule has 7 heteroatoms. The van der Waals surface area contributed by atoms with E-state index < -0.39 is 12.0 Å². The highest BCUT2D eigenvalue weighted by Crippen LogP contribution is 2.11. The van der Waals surface area contributed by atoms with E-state index in [-0.39, 0.29) is 18.4 Å². The molecule has 0 radical (unpaired) electrons. The monoisotopic (exact) mass is 383 g/mol. The average Bonchev–Trinajstić information content (AvgIpc) is 2.67. The first-order valence-corrected chi connectivity index (χ1v) is 9.19. The van der Waals surface area contributed by atoms with E-state index in [4.69, 9.17) is 5.11 Å². The van der Waals surface area contributed by atoms with Crippen LogP contribution in [0.3, 0.4) is 0 Å². The summed E-state index contributed by atoms with van der Waals surface area (Å²) in [5.41, 5.74) is 2.07. The molecule has 0 aromatic heterocycles. The smallest absolute Gasteiger partial charge is 0.319 e. The summed E-state index contributed by atoms with van der Waals surface area (Å²) in [4.78, 5) is 35.0. The Hall–Kier alpha value is -3.35.